The van der Waals surface area contributed by atoms with Crippen LogP contribution in [0.15, 0.2) is 102 Å². The summed E-state index contributed by atoms with van der Waals surface area (Å²) >= 11 is 0. The maximum Gasteiger partial charge on any atom is 0.414 e. The Bertz CT molecular complexity index is 1680. The van der Waals surface area contributed by atoms with Gasteiger partial charge in [-0.1, -0.05) is 84.9 Å². The number of nitrogens with one attached hydrogen (secondary N) is 3. The smallest absolute Gasteiger partial charge is 0.414 e. The van der Waals surface area contributed by atoms with E-state index in [1.165, 1.54) is 6.92 Å². The molecule has 12 heteroatoms. The van der Waals surface area contributed by atoms with Crippen LogP contribution < -0.4 is 20.7 Å². The van der Waals surface area contributed by atoms with Gasteiger partial charge in [0.15, 0.2) is 0 Å². The number of rotatable bonds is 8. The monoisotopic (exact) mass is 640 g/mol. The summed E-state index contributed by atoms with van der Waals surface area (Å²) in [6, 6.07) is 27.2. The molecule has 0 aromatic heterocycles. The van der Waals surface area contributed by atoms with Gasteiger partial charge in [-0.25, -0.2) is 24.2 Å². The van der Waals surface area contributed by atoms with Gasteiger partial charge in [-0.3, -0.25) is 10.6 Å². The third kappa shape index (κ3) is 10.9. The fourth-order valence-electron chi connectivity index (χ4n) is 4.11. The lowest BCUT2D eigenvalue weighted by atomic mass is 10.1. The van der Waals surface area contributed by atoms with Crippen LogP contribution in [0.25, 0.3) is 10.8 Å². The molecule has 0 unspecified atom stereocenters. The van der Waals surface area contributed by atoms with E-state index in [2.05, 4.69) is 20.9 Å². The van der Waals surface area contributed by atoms with Gasteiger partial charge >= 0.3 is 24.2 Å². The summed E-state index contributed by atoms with van der Waals surface area (Å²) in [6.45, 7) is 6.59. The number of carbonyl (C=O) groups excluding carboxylic acids is 4. The standard InChI is InChI=1S/C35H36N4O8/c1-23(36-34(43)47-35(2,3)4)30(40)46-29-20-12-17-26-27(29)18-11-19-28(26)37-31(38-32(41)44-21-24-13-7-5-8-14-24)39-33(42)45-22-25-15-9-6-10-16-25/h5-20,23H,21-22H2,1-4H3,(H,36,43)(H2,37,38,39,41,42)/t23-/m1/s1. The van der Waals surface area contributed by atoms with Crippen molar-refractivity contribution in [2.45, 2.75) is 52.6 Å². The second-order valence-electron chi connectivity index (χ2n) is 11.3. The first-order valence-electron chi connectivity index (χ1n) is 14.7. The van der Waals surface area contributed by atoms with Crippen molar-refractivity contribution in [3.05, 3.63) is 108 Å². The molecule has 47 heavy (non-hydrogen) atoms. The summed E-state index contributed by atoms with van der Waals surface area (Å²) < 4.78 is 21.5. The van der Waals surface area contributed by atoms with Crippen molar-refractivity contribution in [2.75, 3.05) is 0 Å². The molecule has 3 N–H and O–H groups in total. The molecule has 1 atom stereocenters. The molecule has 244 valence electrons. The summed E-state index contributed by atoms with van der Waals surface area (Å²) in [7, 11) is 0. The average molecular weight is 641 g/mol. The quantitative estimate of drug-likeness (QED) is 0.0649. The molecule has 0 aliphatic rings. The molecule has 0 bridgehead atoms. The SMILES string of the molecule is C[C@@H](NC(=O)OC(C)(C)C)C(=O)Oc1cccc2c(N=C(NC(=O)OCc3ccccc3)NC(=O)OCc3ccccc3)cccc12. The number of ether oxygens (including phenoxy) is 4. The zero-order chi connectivity index (χ0) is 33.8. The molecule has 4 rings (SSSR count). The molecule has 0 fully saturated rings. The third-order valence-corrected chi connectivity index (χ3v) is 6.26. The predicted molar refractivity (Wildman–Crippen MR) is 175 cm³/mol. The van der Waals surface area contributed by atoms with E-state index in [0.717, 1.165) is 11.1 Å². The second-order valence-corrected chi connectivity index (χ2v) is 11.3. The number of amides is 3. The van der Waals surface area contributed by atoms with Crippen LogP contribution in [0.1, 0.15) is 38.8 Å². The topological polar surface area (TPSA) is 154 Å². The Morgan fingerprint density at radius 1 is 0.681 bits per heavy atom. The van der Waals surface area contributed by atoms with E-state index in [9.17, 15) is 19.2 Å². The van der Waals surface area contributed by atoms with Crippen molar-refractivity contribution in [3.8, 4) is 5.75 Å². The van der Waals surface area contributed by atoms with Crippen molar-refractivity contribution in [1.29, 1.82) is 0 Å². The summed E-state index contributed by atoms with van der Waals surface area (Å²) in [5.41, 5.74) is 1.12. The van der Waals surface area contributed by atoms with Crippen molar-refractivity contribution >= 4 is 46.7 Å². The predicted octanol–water partition coefficient (Wildman–Crippen LogP) is 6.50. The van der Waals surface area contributed by atoms with E-state index in [4.69, 9.17) is 18.9 Å². The van der Waals surface area contributed by atoms with Crippen LogP contribution in [0, 0.1) is 0 Å². The van der Waals surface area contributed by atoms with Crippen molar-refractivity contribution in [3.63, 3.8) is 0 Å². The molecule has 0 radical (unpaired) electrons. The van der Waals surface area contributed by atoms with Gasteiger partial charge in [-0.2, -0.15) is 0 Å². The first-order chi connectivity index (χ1) is 22.5. The number of aliphatic imine (C=N–C) groups is 1. The average Bonchev–Trinajstić information content (AvgIpc) is 3.03. The fourth-order valence-corrected chi connectivity index (χ4v) is 4.11. The number of carbonyl (C=O) groups is 4. The molecular weight excluding hydrogens is 604 g/mol. The fraction of sp³-hybridized carbons (Fsp3) is 0.229. The van der Waals surface area contributed by atoms with Gasteiger partial charge in [0.05, 0.1) is 5.69 Å². The maximum atomic E-state index is 12.8. The highest BCUT2D eigenvalue weighted by Gasteiger charge is 2.23. The Morgan fingerprint density at radius 3 is 1.77 bits per heavy atom. The van der Waals surface area contributed by atoms with Crippen LogP contribution in [0.2, 0.25) is 0 Å². The molecule has 3 amide bonds. The Morgan fingerprint density at radius 2 is 1.21 bits per heavy atom. The van der Waals surface area contributed by atoms with Crippen LogP contribution in [0.4, 0.5) is 20.1 Å². The van der Waals surface area contributed by atoms with Crippen LogP contribution >= 0.6 is 0 Å². The molecule has 0 aliphatic heterocycles. The van der Waals surface area contributed by atoms with Crippen molar-refractivity contribution in [1.82, 2.24) is 16.0 Å². The van der Waals surface area contributed by atoms with E-state index in [1.54, 1.807) is 81.4 Å². The van der Waals surface area contributed by atoms with Gasteiger partial charge in [-0.15, -0.1) is 0 Å². The minimum Gasteiger partial charge on any atom is -0.444 e. The number of esters is 1. The zero-order valence-corrected chi connectivity index (χ0v) is 26.4. The Kier molecular flexibility index (Phi) is 11.5. The van der Waals surface area contributed by atoms with Gasteiger partial charge in [0.2, 0.25) is 5.96 Å². The highest BCUT2D eigenvalue weighted by atomic mass is 16.6. The number of alkyl carbamates (subject to hydrolysis) is 3. The van der Waals surface area contributed by atoms with E-state index in [1.807, 2.05) is 36.4 Å². The van der Waals surface area contributed by atoms with Crippen LogP contribution in [0.5, 0.6) is 5.75 Å². The number of guanidine groups is 1. The Labute approximate surface area is 272 Å². The molecule has 0 spiro atoms. The highest BCUT2D eigenvalue weighted by Crippen LogP contribution is 2.32. The highest BCUT2D eigenvalue weighted by molar-refractivity contribution is 6.05. The van der Waals surface area contributed by atoms with Gasteiger partial charge in [-0.05, 0) is 51.0 Å². The lowest BCUT2D eigenvalue weighted by molar-refractivity contribution is -0.136. The van der Waals surface area contributed by atoms with Crippen LogP contribution in [-0.4, -0.2) is 41.9 Å². The van der Waals surface area contributed by atoms with E-state index < -0.39 is 35.9 Å². The van der Waals surface area contributed by atoms with E-state index in [-0.39, 0.29) is 24.9 Å². The molecule has 12 nitrogen and oxygen atoms in total. The Hall–Kier alpha value is -5.91. The maximum absolute atomic E-state index is 12.8. The number of hydrogen-bond acceptors (Lipinski definition) is 9. The van der Waals surface area contributed by atoms with Crippen molar-refractivity contribution in [2.24, 2.45) is 4.99 Å². The summed E-state index contributed by atoms with van der Waals surface area (Å²) in [5.74, 6) is -0.774. The zero-order valence-electron chi connectivity index (χ0n) is 26.4. The molecule has 0 aliphatic carbocycles. The first kappa shape index (κ1) is 34.0. The summed E-state index contributed by atoms with van der Waals surface area (Å²) in [6.07, 6.45) is -2.48. The minimum atomic E-state index is -1.01. The molecule has 4 aromatic rings. The van der Waals surface area contributed by atoms with Crippen LogP contribution in [0.3, 0.4) is 0 Å². The lowest BCUT2D eigenvalue weighted by Crippen LogP contribution is -2.44. The Balaban J connectivity index is 1.54. The van der Waals surface area contributed by atoms with Gasteiger partial charge < -0.3 is 24.3 Å². The lowest BCUT2D eigenvalue weighted by Gasteiger charge is -2.21. The van der Waals surface area contributed by atoms with Gasteiger partial charge in [0, 0.05) is 10.8 Å². The summed E-state index contributed by atoms with van der Waals surface area (Å²) in [4.78, 5) is 54.9. The largest absolute Gasteiger partial charge is 0.444 e. The molecule has 0 saturated heterocycles. The van der Waals surface area contributed by atoms with Gasteiger partial charge in [0.25, 0.3) is 0 Å². The number of benzene rings is 4. The third-order valence-electron chi connectivity index (χ3n) is 6.26. The van der Waals surface area contributed by atoms with E-state index >= 15 is 0 Å². The van der Waals surface area contributed by atoms with Gasteiger partial charge in [0.1, 0.15) is 30.6 Å². The van der Waals surface area contributed by atoms with Crippen molar-refractivity contribution < 1.29 is 38.1 Å². The second kappa shape index (κ2) is 15.9. The minimum absolute atomic E-state index is 0.0113. The normalized spacial score (nSPS) is 11.4. The van der Waals surface area contributed by atoms with Crippen LogP contribution in [-0.2, 0) is 32.2 Å². The summed E-state index contributed by atoms with van der Waals surface area (Å²) in [5, 5.41) is 8.42. The first-order valence-corrected chi connectivity index (χ1v) is 14.7. The number of nitrogens with zero attached hydrogens (tertiary/aromatic N) is 1. The molecule has 0 saturated carbocycles. The van der Waals surface area contributed by atoms with E-state index in [0.29, 0.717) is 16.5 Å². The number of hydrogen-bond donors (Lipinski definition) is 3. The molecular formula is C35H36N4O8. The molecule has 4 aromatic carbocycles. The molecule has 0 heterocycles. The number of fused-ring (bicyclic) bond motifs is 1.